The molecule has 2 nitrogen and oxygen atoms in total. The summed E-state index contributed by atoms with van der Waals surface area (Å²) in [5, 5.41) is 9.36. The van der Waals surface area contributed by atoms with Crippen LogP contribution < -0.4 is 0 Å². The Morgan fingerprint density at radius 3 is 2.73 bits per heavy atom. The fourth-order valence-electron chi connectivity index (χ4n) is 2.25. The van der Waals surface area contributed by atoms with Crippen molar-refractivity contribution < 1.29 is 9.90 Å². The van der Waals surface area contributed by atoms with Gasteiger partial charge in [0, 0.05) is 6.42 Å². The summed E-state index contributed by atoms with van der Waals surface area (Å²) in [6.45, 7) is 11.4. The van der Waals surface area contributed by atoms with Gasteiger partial charge in [-0.25, -0.2) is 0 Å². The minimum atomic E-state index is -0.631. The summed E-state index contributed by atoms with van der Waals surface area (Å²) in [6, 6.07) is 0. The van der Waals surface area contributed by atoms with E-state index in [1.807, 2.05) is 13.8 Å². The van der Waals surface area contributed by atoms with Crippen LogP contribution in [0.4, 0.5) is 0 Å². The smallest absolute Gasteiger partial charge is 0.142 e. The lowest BCUT2D eigenvalue weighted by atomic mass is 9.63. The highest BCUT2D eigenvalue weighted by Gasteiger charge is 2.44. The summed E-state index contributed by atoms with van der Waals surface area (Å²) in [6.07, 6.45) is 3.18. The van der Waals surface area contributed by atoms with E-state index in [1.54, 1.807) is 6.08 Å². The van der Waals surface area contributed by atoms with E-state index in [2.05, 4.69) is 13.2 Å². The van der Waals surface area contributed by atoms with E-state index in [0.717, 1.165) is 12.0 Å². The van der Waals surface area contributed by atoms with Crippen molar-refractivity contribution in [2.75, 3.05) is 6.61 Å². The molecule has 2 heteroatoms. The number of Topliss-reactive ketones (excluding diaryl/α,β-unsaturated/α-hetero) is 1. The van der Waals surface area contributed by atoms with Gasteiger partial charge in [0.25, 0.3) is 0 Å². The molecular formula is C13H20O2. The SMILES string of the molecule is C=C[C@@H]1C[C@@H](C(=C)C)CC(=O)[C@@]1(C)CO. The molecule has 0 aromatic rings. The zero-order chi connectivity index (χ0) is 11.6. The van der Waals surface area contributed by atoms with Gasteiger partial charge in [-0.2, -0.15) is 0 Å². The van der Waals surface area contributed by atoms with Gasteiger partial charge in [0.05, 0.1) is 12.0 Å². The Bertz CT molecular complexity index is 293. The third-order valence-electron chi connectivity index (χ3n) is 3.74. The van der Waals surface area contributed by atoms with E-state index in [0.29, 0.717) is 6.42 Å². The van der Waals surface area contributed by atoms with Gasteiger partial charge in [-0.05, 0) is 32.1 Å². The van der Waals surface area contributed by atoms with E-state index in [-0.39, 0.29) is 24.2 Å². The van der Waals surface area contributed by atoms with E-state index < -0.39 is 5.41 Å². The van der Waals surface area contributed by atoms with E-state index in [1.165, 1.54) is 0 Å². The highest BCUT2D eigenvalue weighted by molar-refractivity contribution is 5.86. The Labute approximate surface area is 91.7 Å². The third kappa shape index (κ3) is 2.05. The Hall–Kier alpha value is -0.890. The summed E-state index contributed by atoms with van der Waals surface area (Å²) in [5.74, 6) is 0.444. The normalized spacial score (nSPS) is 36.3. The molecule has 3 atom stereocenters. The van der Waals surface area contributed by atoms with Crippen molar-refractivity contribution in [1.82, 2.24) is 0 Å². The molecule has 84 valence electrons. The molecule has 0 spiro atoms. The largest absolute Gasteiger partial charge is 0.395 e. The maximum atomic E-state index is 12.0. The second kappa shape index (κ2) is 4.31. The van der Waals surface area contributed by atoms with Crippen molar-refractivity contribution in [1.29, 1.82) is 0 Å². The quantitative estimate of drug-likeness (QED) is 0.723. The van der Waals surface area contributed by atoms with Crippen LogP contribution >= 0.6 is 0 Å². The first kappa shape index (κ1) is 12.2. The molecule has 0 aliphatic heterocycles. The van der Waals surface area contributed by atoms with Crippen LogP contribution in [0.3, 0.4) is 0 Å². The number of allylic oxidation sites excluding steroid dienone is 2. The van der Waals surface area contributed by atoms with Gasteiger partial charge in [0.15, 0.2) is 0 Å². The number of carbonyl (C=O) groups excluding carboxylic acids is 1. The first-order chi connectivity index (χ1) is 6.95. The van der Waals surface area contributed by atoms with Crippen LogP contribution in [-0.2, 0) is 4.79 Å². The number of carbonyl (C=O) groups is 1. The molecule has 1 rings (SSSR count). The van der Waals surface area contributed by atoms with Crippen LogP contribution in [0.2, 0.25) is 0 Å². The minimum Gasteiger partial charge on any atom is -0.395 e. The van der Waals surface area contributed by atoms with Crippen LogP contribution in [0.25, 0.3) is 0 Å². The predicted octanol–water partition coefficient (Wildman–Crippen LogP) is 2.34. The molecular weight excluding hydrogens is 188 g/mol. The van der Waals surface area contributed by atoms with Gasteiger partial charge in [0.2, 0.25) is 0 Å². The highest BCUT2D eigenvalue weighted by Crippen LogP contribution is 2.43. The van der Waals surface area contributed by atoms with Gasteiger partial charge >= 0.3 is 0 Å². The van der Waals surface area contributed by atoms with Crippen molar-refractivity contribution >= 4 is 5.78 Å². The van der Waals surface area contributed by atoms with E-state index in [9.17, 15) is 9.90 Å². The number of ketones is 1. The molecule has 0 radical (unpaired) electrons. The van der Waals surface area contributed by atoms with Crippen LogP contribution in [0.5, 0.6) is 0 Å². The molecule has 1 saturated carbocycles. The molecule has 15 heavy (non-hydrogen) atoms. The average molecular weight is 208 g/mol. The molecule has 0 unspecified atom stereocenters. The number of rotatable bonds is 3. The summed E-state index contributed by atoms with van der Waals surface area (Å²) in [7, 11) is 0. The second-order valence-electron chi connectivity index (χ2n) is 4.82. The highest BCUT2D eigenvalue weighted by atomic mass is 16.3. The maximum absolute atomic E-state index is 12.0. The lowest BCUT2D eigenvalue weighted by molar-refractivity contribution is -0.136. The molecule has 0 heterocycles. The predicted molar refractivity (Wildman–Crippen MR) is 61.4 cm³/mol. The van der Waals surface area contributed by atoms with E-state index in [4.69, 9.17) is 0 Å². The average Bonchev–Trinajstić information content (AvgIpc) is 2.21. The van der Waals surface area contributed by atoms with Crippen LogP contribution in [0.15, 0.2) is 24.8 Å². The number of aliphatic hydroxyl groups excluding tert-OH is 1. The van der Waals surface area contributed by atoms with Crippen molar-refractivity contribution in [3.63, 3.8) is 0 Å². The minimum absolute atomic E-state index is 0.0606. The Morgan fingerprint density at radius 1 is 1.73 bits per heavy atom. The van der Waals surface area contributed by atoms with Crippen LogP contribution in [0, 0.1) is 17.3 Å². The van der Waals surface area contributed by atoms with Crippen LogP contribution in [0.1, 0.15) is 26.7 Å². The standard InChI is InChI=1S/C13H20O2/c1-5-11-6-10(9(2)3)7-12(15)13(11,4)8-14/h5,10-11,14H,1-2,6-8H2,3-4H3/t10-,11-,13+/m1/s1. The molecule has 0 aromatic heterocycles. The number of aliphatic hydroxyl groups is 1. The zero-order valence-electron chi connectivity index (χ0n) is 9.62. The summed E-state index contributed by atoms with van der Waals surface area (Å²) < 4.78 is 0. The second-order valence-corrected chi connectivity index (χ2v) is 4.82. The van der Waals surface area contributed by atoms with Gasteiger partial charge in [-0.15, -0.1) is 6.58 Å². The molecule has 0 bridgehead atoms. The van der Waals surface area contributed by atoms with Gasteiger partial charge in [-0.1, -0.05) is 18.2 Å². The van der Waals surface area contributed by atoms with Crippen molar-refractivity contribution in [3.8, 4) is 0 Å². The first-order valence-corrected chi connectivity index (χ1v) is 5.37. The van der Waals surface area contributed by atoms with E-state index >= 15 is 0 Å². The summed E-state index contributed by atoms with van der Waals surface area (Å²) in [4.78, 5) is 12.0. The molecule has 0 amide bonds. The lowest BCUT2D eigenvalue weighted by Crippen LogP contribution is -2.44. The molecule has 1 fully saturated rings. The Morgan fingerprint density at radius 2 is 2.33 bits per heavy atom. The summed E-state index contributed by atoms with van der Waals surface area (Å²) >= 11 is 0. The molecule has 1 aliphatic rings. The fraction of sp³-hybridized carbons (Fsp3) is 0.615. The molecule has 0 aromatic carbocycles. The summed E-state index contributed by atoms with van der Waals surface area (Å²) in [5.41, 5.74) is 0.420. The van der Waals surface area contributed by atoms with Gasteiger partial charge < -0.3 is 5.11 Å². The topological polar surface area (TPSA) is 37.3 Å². The van der Waals surface area contributed by atoms with Crippen molar-refractivity contribution in [2.24, 2.45) is 17.3 Å². The van der Waals surface area contributed by atoms with Crippen LogP contribution in [-0.4, -0.2) is 17.5 Å². The monoisotopic (exact) mass is 208 g/mol. The first-order valence-electron chi connectivity index (χ1n) is 5.37. The zero-order valence-corrected chi connectivity index (χ0v) is 9.62. The van der Waals surface area contributed by atoms with Crippen molar-refractivity contribution in [3.05, 3.63) is 24.8 Å². The molecule has 1 N–H and O–H groups in total. The van der Waals surface area contributed by atoms with Gasteiger partial charge in [-0.3, -0.25) is 4.79 Å². The van der Waals surface area contributed by atoms with Crippen molar-refractivity contribution in [2.45, 2.75) is 26.7 Å². The third-order valence-corrected chi connectivity index (χ3v) is 3.74. The van der Waals surface area contributed by atoms with Gasteiger partial charge in [0.1, 0.15) is 5.78 Å². The fourth-order valence-corrected chi connectivity index (χ4v) is 2.25. The lowest BCUT2D eigenvalue weighted by Gasteiger charge is -2.40. The molecule has 0 saturated heterocycles. The maximum Gasteiger partial charge on any atom is 0.142 e. The Kier molecular flexibility index (Phi) is 3.50. The number of hydrogen-bond acceptors (Lipinski definition) is 2. The molecule has 1 aliphatic carbocycles. The number of hydrogen-bond donors (Lipinski definition) is 1. The Balaban J connectivity index is 2.94.